The Morgan fingerprint density at radius 1 is 1.13 bits per heavy atom. The molecule has 2 heterocycles. The van der Waals surface area contributed by atoms with Gasteiger partial charge in [-0.2, -0.15) is 0 Å². The number of imide groups is 1. The molecule has 2 N–H and O–H groups in total. The minimum Gasteiger partial charge on any atom is -0.353 e. The number of hydrogen-bond acceptors (Lipinski definition) is 4. The quantitative estimate of drug-likeness (QED) is 0.662. The number of benzene rings is 1. The van der Waals surface area contributed by atoms with E-state index < -0.39 is 28.8 Å². The molecular formula is C22H30N4O4. The molecule has 2 fully saturated rings. The molecule has 8 heteroatoms. The highest BCUT2D eigenvalue weighted by Crippen LogP contribution is 2.32. The molecule has 0 spiro atoms. The Kier molecular flexibility index (Phi) is 6.14. The molecule has 3 rings (SSSR count). The average Bonchev–Trinajstić information content (AvgIpc) is 3.35. The van der Waals surface area contributed by atoms with Crippen molar-refractivity contribution in [1.82, 2.24) is 20.4 Å². The van der Waals surface area contributed by atoms with Crippen LogP contribution < -0.4 is 10.6 Å². The summed E-state index contributed by atoms with van der Waals surface area (Å²) in [5, 5.41) is 5.48. The van der Waals surface area contributed by atoms with Crippen LogP contribution in [-0.2, 0) is 19.9 Å². The first-order valence-corrected chi connectivity index (χ1v) is 10.5. The zero-order valence-corrected chi connectivity index (χ0v) is 17.9. The van der Waals surface area contributed by atoms with Gasteiger partial charge in [0.15, 0.2) is 0 Å². The first-order valence-electron chi connectivity index (χ1n) is 10.5. The summed E-state index contributed by atoms with van der Waals surface area (Å²) in [6, 6.07) is 8.44. The Hall–Kier alpha value is -2.90. The molecule has 1 aromatic carbocycles. The standard InChI is InChI=1S/C22H30N4O4/c1-4-22(16-10-6-5-7-11-16)19(29)26(20(30)24-22)14-17(27)23-15-21(2,3)18(28)25-12-8-9-13-25/h5-7,10-11H,4,8-9,12-15H2,1-3H3,(H,23,27)(H,24,30). The Morgan fingerprint density at radius 2 is 1.77 bits per heavy atom. The fourth-order valence-electron chi connectivity index (χ4n) is 4.07. The second-order valence-corrected chi connectivity index (χ2v) is 8.61. The molecule has 0 saturated carbocycles. The minimum atomic E-state index is -1.16. The number of amides is 5. The SMILES string of the molecule is CCC1(c2ccccc2)NC(=O)N(CC(=O)NCC(C)(C)C(=O)N2CCCC2)C1=O. The highest BCUT2D eigenvalue weighted by atomic mass is 16.2. The lowest BCUT2D eigenvalue weighted by molar-refractivity contribution is -0.140. The second-order valence-electron chi connectivity index (χ2n) is 8.61. The fraction of sp³-hybridized carbons (Fsp3) is 0.545. The van der Waals surface area contributed by atoms with E-state index in [2.05, 4.69) is 10.6 Å². The number of carbonyl (C=O) groups excluding carboxylic acids is 4. The maximum Gasteiger partial charge on any atom is 0.325 e. The van der Waals surface area contributed by atoms with Gasteiger partial charge in [-0.3, -0.25) is 19.3 Å². The Bertz CT molecular complexity index is 833. The normalized spacial score (nSPS) is 21.7. The van der Waals surface area contributed by atoms with Crippen molar-refractivity contribution in [3.05, 3.63) is 35.9 Å². The van der Waals surface area contributed by atoms with Crippen molar-refractivity contribution in [2.24, 2.45) is 5.41 Å². The summed E-state index contributed by atoms with van der Waals surface area (Å²) in [6.45, 7) is 6.66. The number of nitrogens with one attached hydrogen (secondary N) is 2. The number of rotatable bonds is 7. The van der Waals surface area contributed by atoms with E-state index in [1.54, 1.807) is 38.1 Å². The van der Waals surface area contributed by atoms with Crippen molar-refractivity contribution >= 4 is 23.8 Å². The van der Waals surface area contributed by atoms with Gasteiger partial charge in [-0.25, -0.2) is 4.79 Å². The van der Waals surface area contributed by atoms with Crippen molar-refractivity contribution in [3.63, 3.8) is 0 Å². The summed E-state index contributed by atoms with van der Waals surface area (Å²) in [7, 11) is 0. The summed E-state index contributed by atoms with van der Waals surface area (Å²) >= 11 is 0. The summed E-state index contributed by atoms with van der Waals surface area (Å²) in [6.07, 6.45) is 2.37. The van der Waals surface area contributed by atoms with Gasteiger partial charge in [-0.15, -0.1) is 0 Å². The van der Waals surface area contributed by atoms with E-state index in [-0.39, 0.29) is 19.0 Å². The Morgan fingerprint density at radius 3 is 2.37 bits per heavy atom. The van der Waals surface area contributed by atoms with E-state index in [1.807, 2.05) is 17.9 Å². The molecule has 0 aliphatic carbocycles. The maximum atomic E-state index is 13.1. The predicted octanol–water partition coefficient (Wildman–Crippen LogP) is 1.61. The van der Waals surface area contributed by atoms with Gasteiger partial charge in [0.2, 0.25) is 11.8 Å². The monoisotopic (exact) mass is 414 g/mol. The van der Waals surface area contributed by atoms with Gasteiger partial charge in [0.1, 0.15) is 12.1 Å². The first-order chi connectivity index (χ1) is 14.2. The topological polar surface area (TPSA) is 98.8 Å². The van der Waals surface area contributed by atoms with Crippen molar-refractivity contribution in [1.29, 1.82) is 0 Å². The average molecular weight is 415 g/mol. The molecule has 2 aliphatic heterocycles. The molecule has 1 aromatic rings. The van der Waals surface area contributed by atoms with Crippen LogP contribution in [0.2, 0.25) is 0 Å². The Labute approximate surface area is 177 Å². The highest BCUT2D eigenvalue weighted by Gasteiger charge is 2.51. The molecule has 2 saturated heterocycles. The number of urea groups is 1. The van der Waals surface area contributed by atoms with Gasteiger partial charge >= 0.3 is 6.03 Å². The Balaban J connectivity index is 1.63. The van der Waals surface area contributed by atoms with E-state index >= 15 is 0 Å². The van der Waals surface area contributed by atoms with E-state index in [9.17, 15) is 19.2 Å². The first kappa shape index (κ1) is 21.8. The van der Waals surface area contributed by atoms with Gasteiger partial charge in [0.05, 0.1) is 5.41 Å². The lowest BCUT2D eigenvalue weighted by atomic mass is 9.87. The van der Waals surface area contributed by atoms with Gasteiger partial charge in [0, 0.05) is 19.6 Å². The van der Waals surface area contributed by atoms with E-state index in [4.69, 9.17) is 0 Å². The van der Waals surface area contributed by atoms with Crippen LogP contribution in [0.1, 0.15) is 45.6 Å². The number of nitrogens with zero attached hydrogens (tertiary/aromatic N) is 2. The van der Waals surface area contributed by atoms with Crippen LogP contribution in [0.5, 0.6) is 0 Å². The molecular weight excluding hydrogens is 384 g/mol. The highest BCUT2D eigenvalue weighted by molar-refractivity contribution is 6.09. The van der Waals surface area contributed by atoms with Crippen LogP contribution in [0.4, 0.5) is 4.79 Å². The van der Waals surface area contributed by atoms with Crippen molar-refractivity contribution in [2.75, 3.05) is 26.2 Å². The van der Waals surface area contributed by atoms with Crippen molar-refractivity contribution in [2.45, 2.75) is 45.6 Å². The predicted molar refractivity (Wildman–Crippen MR) is 111 cm³/mol. The molecule has 2 aliphatic rings. The summed E-state index contributed by atoms with van der Waals surface area (Å²) in [5.41, 5.74) is -1.23. The summed E-state index contributed by atoms with van der Waals surface area (Å²) < 4.78 is 0. The maximum absolute atomic E-state index is 13.1. The van der Waals surface area contributed by atoms with Gasteiger partial charge in [0.25, 0.3) is 5.91 Å². The lowest BCUT2D eigenvalue weighted by Crippen LogP contribution is -2.49. The molecule has 1 unspecified atom stereocenters. The van der Waals surface area contributed by atoms with Crippen LogP contribution in [0.3, 0.4) is 0 Å². The largest absolute Gasteiger partial charge is 0.353 e. The molecule has 162 valence electrons. The second kappa shape index (κ2) is 8.45. The molecule has 0 radical (unpaired) electrons. The molecule has 8 nitrogen and oxygen atoms in total. The molecule has 0 aromatic heterocycles. The van der Waals surface area contributed by atoms with Crippen LogP contribution in [0, 0.1) is 5.41 Å². The van der Waals surface area contributed by atoms with Crippen LogP contribution in [-0.4, -0.2) is 59.7 Å². The zero-order valence-electron chi connectivity index (χ0n) is 17.9. The van der Waals surface area contributed by atoms with Gasteiger partial charge in [-0.1, -0.05) is 37.3 Å². The van der Waals surface area contributed by atoms with Crippen molar-refractivity contribution < 1.29 is 19.2 Å². The minimum absolute atomic E-state index is 0.00405. The third kappa shape index (κ3) is 4.04. The molecule has 5 amide bonds. The smallest absolute Gasteiger partial charge is 0.325 e. The van der Waals surface area contributed by atoms with E-state index in [1.165, 1.54) is 0 Å². The van der Waals surface area contributed by atoms with Crippen LogP contribution >= 0.6 is 0 Å². The molecule has 1 atom stereocenters. The number of likely N-dealkylation sites (tertiary alicyclic amines) is 1. The van der Waals surface area contributed by atoms with E-state index in [0.29, 0.717) is 12.0 Å². The lowest BCUT2D eigenvalue weighted by Gasteiger charge is -2.29. The van der Waals surface area contributed by atoms with Gasteiger partial charge < -0.3 is 15.5 Å². The number of hydrogen-bond donors (Lipinski definition) is 2. The molecule has 30 heavy (non-hydrogen) atoms. The third-order valence-electron chi connectivity index (χ3n) is 5.97. The van der Waals surface area contributed by atoms with Crippen LogP contribution in [0.15, 0.2) is 30.3 Å². The van der Waals surface area contributed by atoms with E-state index in [0.717, 1.165) is 30.8 Å². The summed E-state index contributed by atoms with van der Waals surface area (Å²) in [4.78, 5) is 53.5. The fourth-order valence-corrected chi connectivity index (χ4v) is 4.07. The third-order valence-corrected chi connectivity index (χ3v) is 5.97. The van der Waals surface area contributed by atoms with Crippen LogP contribution in [0.25, 0.3) is 0 Å². The van der Waals surface area contributed by atoms with Crippen molar-refractivity contribution in [3.8, 4) is 0 Å². The summed E-state index contributed by atoms with van der Waals surface area (Å²) in [5.74, 6) is -0.908. The molecule has 0 bridgehead atoms. The zero-order chi connectivity index (χ0) is 21.9. The number of carbonyl (C=O) groups is 4. The van der Waals surface area contributed by atoms with Gasteiger partial charge in [-0.05, 0) is 38.7 Å².